The second-order valence-corrected chi connectivity index (χ2v) is 8.87. The van der Waals surface area contributed by atoms with E-state index in [0.717, 1.165) is 0 Å². The molecule has 2 aliphatic heterocycles. The molecule has 0 amide bonds. The number of hydrogen-bond acceptors (Lipinski definition) is 11. The lowest BCUT2D eigenvalue weighted by atomic mass is 10.1. The molecule has 2 N–H and O–H groups in total. The molecular formula is C14H17N5O6PS-. The second kappa shape index (κ2) is 7.04. The Morgan fingerprint density at radius 2 is 2.33 bits per heavy atom. The Labute approximate surface area is 159 Å². The Morgan fingerprint density at radius 1 is 1.52 bits per heavy atom. The Kier molecular flexibility index (Phi) is 4.87. The maximum absolute atomic E-state index is 12.1. The van der Waals surface area contributed by atoms with Crippen LogP contribution in [-0.2, 0) is 35.1 Å². The van der Waals surface area contributed by atoms with Gasteiger partial charge in [-0.1, -0.05) is 18.7 Å². The molecule has 2 saturated heterocycles. The highest BCUT2D eigenvalue weighted by atomic mass is 32.5. The smallest absolute Gasteiger partial charge is 0.306 e. The van der Waals surface area contributed by atoms with Crippen molar-refractivity contribution in [1.29, 1.82) is 0 Å². The molecule has 2 aliphatic rings. The number of nitrogen functional groups attached to an aromatic ring is 1. The lowest BCUT2D eigenvalue weighted by molar-refractivity contribution is -0.227. The van der Waals surface area contributed by atoms with Gasteiger partial charge in [-0.2, -0.15) is 0 Å². The van der Waals surface area contributed by atoms with E-state index in [1.54, 1.807) is 4.57 Å². The van der Waals surface area contributed by atoms with Gasteiger partial charge in [0.05, 0.1) is 12.9 Å². The number of fused-ring (bicyclic) bond motifs is 2. The number of esters is 1. The van der Waals surface area contributed by atoms with Gasteiger partial charge >= 0.3 is 5.97 Å². The number of hydrogen-bond donors (Lipinski definition) is 1. The molecule has 5 unspecified atom stereocenters. The van der Waals surface area contributed by atoms with Crippen LogP contribution in [0.4, 0.5) is 5.82 Å². The first kappa shape index (κ1) is 18.7. The molecule has 0 saturated carbocycles. The third-order valence-electron chi connectivity index (χ3n) is 4.32. The Morgan fingerprint density at radius 3 is 3.11 bits per heavy atom. The third kappa shape index (κ3) is 3.44. The zero-order valence-corrected chi connectivity index (χ0v) is 16.0. The maximum atomic E-state index is 12.1. The Bertz CT molecular complexity index is 925. The van der Waals surface area contributed by atoms with Gasteiger partial charge in [-0.15, -0.1) is 0 Å². The van der Waals surface area contributed by atoms with E-state index in [2.05, 4.69) is 15.0 Å². The molecule has 0 bridgehead atoms. The van der Waals surface area contributed by atoms with Gasteiger partial charge in [-0.3, -0.25) is 9.36 Å². The second-order valence-electron chi connectivity index (χ2n) is 6.17. The van der Waals surface area contributed by atoms with Crippen LogP contribution in [0, 0.1) is 0 Å². The average Bonchev–Trinajstić information content (AvgIpc) is 3.17. The van der Waals surface area contributed by atoms with E-state index < -0.39 is 37.2 Å². The summed E-state index contributed by atoms with van der Waals surface area (Å²) in [6, 6.07) is 0. The first-order valence-electron chi connectivity index (χ1n) is 8.31. The molecule has 0 radical (unpaired) electrons. The van der Waals surface area contributed by atoms with Crippen LogP contribution >= 0.6 is 6.72 Å². The lowest BCUT2D eigenvalue weighted by Gasteiger charge is -2.38. The van der Waals surface area contributed by atoms with Crippen molar-refractivity contribution in [2.45, 2.75) is 44.3 Å². The van der Waals surface area contributed by atoms with Crippen LogP contribution < -0.4 is 10.6 Å². The summed E-state index contributed by atoms with van der Waals surface area (Å²) in [5.74, 6) is -0.215. The standard InChI is InChI=1S/C14H18N5O6PS/c1-2-3-8(20)24-11-10-7(4-22-26(21,27)25-10)23-14(11)19-6-18-9-12(15)16-5-17-13(9)19/h5-7,10-11,14H,2-4H2,1H3,(H,21,27)(H2,15,16,17)/p-1. The van der Waals surface area contributed by atoms with Crippen LogP contribution in [0.15, 0.2) is 12.7 Å². The number of imidazole rings is 1. The number of nitrogens with two attached hydrogens (primary N) is 1. The van der Waals surface area contributed by atoms with Crippen LogP contribution in [0.2, 0.25) is 0 Å². The number of nitrogens with zero attached hydrogens (tertiary/aromatic N) is 4. The van der Waals surface area contributed by atoms with Crippen molar-refractivity contribution in [3.63, 3.8) is 0 Å². The molecule has 0 aromatic carbocycles. The predicted molar refractivity (Wildman–Crippen MR) is 93.5 cm³/mol. The zero-order chi connectivity index (χ0) is 19.2. The van der Waals surface area contributed by atoms with Crippen LogP contribution in [0.5, 0.6) is 0 Å². The predicted octanol–water partition coefficient (Wildman–Crippen LogP) is 0.0180. The number of aromatic nitrogens is 4. The average molecular weight is 414 g/mol. The van der Waals surface area contributed by atoms with Crippen molar-refractivity contribution in [3.05, 3.63) is 12.7 Å². The summed E-state index contributed by atoms with van der Waals surface area (Å²) in [6.07, 6.45) is 0.439. The first-order chi connectivity index (χ1) is 12.9. The summed E-state index contributed by atoms with van der Waals surface area (Å²) in [6.45, 7) is -1.85. The highest BCUT2D eigenvalue weighted by molar-refractivity contribution is 8.06. The summed E-state index contributed by atoms with van der Waals surface area (Å²) in [5, 5.41) is 0. The van der Waals surface area contributed by atoms with Gasteiger partial charge in [-0.05, 0) is 6.42 Å². The molecule has 2 aromatic heterocycles. The molecule has 5 atom stereocenters. The van der Waals surface area contributed by atoms with Crippen molar-refractivity contribution in [3.8, 4) is 0 Å². The van der Waals surface area contributed by atoms with E-state index in [1.165, 1.54) is 12.7 Å². The van der Waals surface area contributed by atoms with Crippen LogP contribution in [0.1, 0.15) is 26.0 Å². The Hall–Kier alpha value is -1.69. The lowest BCUT2D eigenvalue weighted by Crippen LogP contribution is -2.42. The molecule has 11 nitrogen and oxygen atoms in total. The van der Waals surface area contributed by atoms with Crippen molar-refractivity contribution >= 4 is 41.5 Å². The summed E-state index contributed by atoms with van der Waals surface area (Å²) in [4.78, 5) is 36.5. The van der Waals surface area contributed by atoms with Crippen LogP contribution in [0.3, 0.4) is 0 Å². The summed E-state index contributed by atoms with van der Waals surface area (Å²) >= 11 is 4.83. The minimum Gasteiger partial charge on any atom is -0.780 e. The Balaban J connectivity index is 1.72. The van der Waals surface area contributed by atoms with Crippen molar-refractivity contribution in [2.24, 2.45) is 0 Å². The van der Waals surface area contributed by atoms with Gasteiger partial charge in [0.25, 0.3) is 0 Å². The quantitative estimate of drug-likeness (QED) is 0.533. The number of carbonyl (C=O) groups excluding carboxylic acids is 1. The number of carbonyl (C=O) groups is 1. The van der Waals surface area contributed by atoms with Crippen molar-refractivity contribution in [1.82, 2.24) is 19.5 Å². The topological polar surface area (TPSA) is 147 Å². The molecule has 0 spiro atoms. The molecule has 2 aromatic rings. The molecule has 2 fully saturated rings. The normalized spacial score (nSPS) is 33.1. The molecule has 0 aliphatic carbocycles. The van der Waals surface area contributed by atoms with E-state index in [1.807, 2.05) is 6.92 Å². The molecule has 4 rings (SSSR count). The molecule has 13 heteroatoms. The molecular weight excluding hydrogens is 397 g/mol. The highest BCUT2D eigenvalue weighted by Crippen LogP contribution is 2.50. The van der Waals surface area contributed by atoms with Gasteiger partial charge < -0.3 is 29.1 Å². The molecule has 27 heavy (non-hydrogen) atoms. The summed E-state index contributed by atoms with van der Waals surface area (Å²) < 4.78 is 23.6. The van der Waals surface area contributed by atoms with Crippen molar-refractivity contribution in [2.75, 3.05) is 12.3 Å². The van der Waals surface area contributed by atoms with E-state index in [9.17, 15) is 9.69 Å². The molecule has 4 heterocycles. The third-order valence-corrected chi connectivity index (χ3v) is 5.86. The fraction of sp³-hybridized carbons (Fsp3) is 0.571. The van der Waals surface area contributed by atoms with E-state index in [0.29, 0.717) is 17.6 Å². The van der Waals surface area contributed by atoms with Crippen LogP contribution in [0.25, 0.3) is 11.2 Å². The fourth-order valence-corrected chi connectivity index (χ4v) is 4.56. The highest BCUT2D eigenvalue weighted by Gasteiger charge is 2.52. The number of anilines is 1. The molecule has 146 valence electrons. The largest absolute Gasteiger partial charge is 0.780 e. The number of ether oxygens (including phenoxy) is 2. The number of rotatable bonds is 4. The fourth-order valence-electron chi connectivity index (χ4n) is 3.13. The van der Waals surface area contributed by atoms with Gasteiger partial charge in [0.2, 0.25) is 0 Å². The van der Waals surface area contributed by atoms with Crippen LogP contribution in [-0.4, -0.2) is 50.4 Å². The minimum absolute atomic E-state index is 0.0342. The first-order valence-corrected chi connectivity index (χ1v) is 10.9. The van der Waals surface area contributed by atoms with Gasteiger partial charge in [0.1, 0.15) is 30.8 Å². The van der Waals surface area contributed by atoms with Gasteiger partial charge in [0.15, 0.2) is 23.8 Å². The zero-order valence-electron chi connectivity index (χ0n) is 14.3. The maximum Gasteiger partial charge on any atom is 0.306 e. The SMILES string of the molecule is CCCC(=O)OC1C2OP([O-])(=S)OCC2OC1n1cnc2c(N)ncnc21. The van der Waals surface area contributed by atoms with Gasteiger partial charge in [-0.25, -0.2) is 15.0 Å². The van der Waals surface area contributed by atoms with E-state index in [4.69, 9.17) is 36.1 Å². The van der Waals surface area contributed by atoms with E-state index >= 15 is 0 Å². The van der Waals surface area contributed by atoms with E-state index in [-0.39, 0.29) is 18.8 Å². The van der Waals surface area contributed by atoms with Crippen molar-refractivity contribution < 1.29 is 28.2 Å². The summed E-state index contributed by atoms with van der Waals surface area (Å²) in [7, 11) is 0. The van der Waals surface area contributed by atoms with Gasteiger partial charge in [0, 0.05) is 6.42 Å². The minimum atomic E-state index is -3.67. The monoisotopic (exact) mass is 414 g/mol. The summed E-state index contributed by atoms with van der Waals surface area (Å²) in [5.41, 5.74) is 6.62.